The van der Waals surface area contributed by atoms with Gasteiger partial charge in [-0.25, -0.2) is 13.1 Å². The topological polar surface area (TPSA) is 84.1 Å². The van der Waals surface area contributed by atoms with Crippen LogP contribution in [0.15, 0.2) is 41.6 Å². The number of H-pyrrole nitrogens is 1. The number of aromatic amines is 1. The largest absolute Gasteiger partial charge is 0.494 e. The highest BCUT2D eigenvalue weighted by molar-refractivity contribution is 7.89. The first kappa shape index (κ1) is 13.6. The molecule has 0 amide bonds. The summed E-state index contributed by atoms with van der Waals surface area (Å²) in [7, 11) is -3.52. The zero-order valence-corrected chi connectivity index (χ0v) is 11.3. The highest BCUT2D eigenvalue weighted by Crippen LogP contribution is 2.16. The second kappa shape index (κ2) is 5.85. The van der Waals surface area contributed by atoms with Crippen molar-refractivity contribution in [1.82, 2.24) is 14.9 Å². The molecule has 0 saturated heterocycles. The summed E-state index contributed by atoms with van der Waals surface area (Å²) in [6.45, 7) is 2.62. The average Bonchev–Trinajstić information content (AvgIpc) is 2.91. The first-order valence-corrected chi connectivity index (χ1v) is 7.30. The van der Waals surface area contributed by atoms with E-state index in [1.165, 1.54) is 12.1 Å². The number of hydrogen-bond donors (Lipinski definition) is 2. The SMILES string of the molecule is CCOc1ccc(S(=O)(=O)NCc2cn[nH]c2)cc1. The van der Waals surface area contributed by atoms with Gasteiger partial charge in [-0.05, 0) is 31.2 Å². The van der Waals surface area contributed by atoms with Gasteiger partial charge in [0.15, 0.2) is 0 Å². The second-order valence-electron chi connectivity index (χ2n) is 3.84. The summed E-state index contributed by atoms with van der Waals surface area (Å²) < 4.78 is 31.8. The van der Waals surface area contributed by atoms with Crippen LogP contribution in [0.25, 0.3) is 0 Å². The molecule has 0 fully saturated rings. The standard InChI is InChI=1S/C12H15N3O3S/c1-2-18-11-3-5-12(6-4-11)19(16,17)15-9-10-7-13-14-8-10/h3-8,15H,2,9H2,1H3,(H,13,14). The van der Waals surface area contributed by atoms with Gasteiger partial charge in [0, 0.05) is 18.3 Å². The minimum absolute atomic E-state index is 0.200. The van der Waals surface area contributed by atoms with Crippen LogP contribution < -0.4 is 9.46 Å². The molecule has 0 bridgehead atoms. The van der Waals surface area contributed by atoms with Crippen molar-refractivity contribution in [3.05, 3.63) is 42.2 Å². The molecule has 0 aliphatic rings. The molecule has 0 unspecified atom stereocenters. The third-order valence-electron chi connectivity index (χ3n) is 2.47. The van der Waals surface area contributed by atoms with Gasteiger partial charge in [0.25, 0.3) is 0 Å². The van der Waals surface area contributed by atoms with E-state index in [9.17, 15) is 8.42 Å². The maximum Gasteiger partial charge on any atom is 0.240 e. The Hall–Kier alpha value is -1.86. The van der Waals surface area contributed by atoms with E-state index < -0.39 is 10.0 Å². The molecule has 1 aromatic carbocycles. The molecule has 7 heteroatoms. The first-order valence-electron chi connectivity index (χ1n) is 5.82. The third kappa shape index (κ3) is 3.55. The third-order valence-corrected chi connectivity index (χ3v) is 3.88. The molecular formula is C12H15N3O3S. The van der Waals surface area contributed by atoms with E-state index in [2.05, 4.69) is 14.9 Å². The molecule has 2 aromatic rings. The fourth-order valence-electron chi connectivity index (χ4n) is 1.52. The van der Waals surface area contributed by atoms with Crippen LogP contribution in [0.3, 0.4) is 0 Å². The van der Waals surface area contributed by atoms with Crippen molar-refractivity contribution >= 4 is 10.0 Å². The fraction of sp³-hybridized carbons (Fsp3) is 0.250. The van der Waals surface area contributed by atoms with E-state index in [1.807, 2.05) is 6.92 Å². The number of nitrogens with one attached hydrogen (secondary N) is 2. The maximum atomic E-state index is 12.0. The zero-order valence-electron chi connectivity index (χ0n) is 10.5. The minimum atomic E-state index is -3.52. The number of rotatable bonds is 6. The predicted octanol–water partition coefficient (Wildman–Crippen LogP) is 1.29. The van der Waals surface area contributed by atoms with Crippen LogP contribution in [0.5, 0.6) is 5.75 Å². The Morgan fingerprint density at radius 1 is 1.32 bits per heavy atom. The molecule has 0 spiro atoms. The van der Waals surface area contributed by atoms with Crippen LogP contribution in [-0.2, 0) is 16.6 Å². The van der Waals surface area contributed by atoms with Crippen molar-refractivity contribution in [2.24, 2.45) is 0 Å². The van der Waals surface area contributed by atoms with E-state index in [0.717, 1.165) is 5.56 Å². The Bertz CT molecular complexity index is 606. The lowest BCUT2D eigenvalue weighted by molar-refractivity contribution is 0.340. The fourth-order valence-corrected chi connectivity index (χ4v) is 2.54. The quantitative estimate of drug-likeness (QED) is 0.835. The first-order chi connectivity index (χ1) is 9.12. The highest BCUT2D eigenvalue weighted by atomic mass is 32.2. The van der Waals surface area contributed by atoms with Crippen LogP contribution in [0, 0.1) is 0 Å². The molecule has 2 N–H and O–H groups in total. The van der Waals surface area contributed by atoms with Gasteiger partial charge in [-0.2, -0.15) is 5.10 Å². The van der Waals surface area contributed by atoms with E-state index in [0.29, 0.717) is 12.4 Å². The van der Waals surface area contributed by atoms with Crippen LogP contribution in [-0.4, -0.2) is 25.2 Å². The van der Waals surface area contributed by atoms with Crippen molar-refractivity contribution in [2.45, 2.75) is 18.4 Å². The van der Waals surface area contributed by atoms with E-state index in [1.54, 1.807) is 24.5 Å². The molecule has 19 heavy (non-hydrogen) atoms. The van der Waals surface area contributed by atoms with Crippen LogP contribution in [0.4, 0.5) is 0 Å². The van der Waals surface area contributed by atoms with Crippen LogP contribution in [0.1, 0.15) is 12.5 Å². The van der Waals surface area contributed by atoms with Gasteiger partial charge in [0.05, 0.1) is 17.7 Å². The lowest BCUT2D eigenvalue weighted by Crippen LogP contribution is -2.22. The van der Waals surface area contributed by atoms with Crippen LogP contribution in [0.2, 0.25) is 0 Å². The molecule has 1 heterocycles. The maximum absolute atomic E-state index is 12.0. The summed E-state index contributed by atoms with van der Waals surface area (Å²) in [5, 5.41) is 6.38. The molecule has 6 nitrogen and oxygen atoms in total. The number of nitrogens with zero attached hydrogens (tertiary/aromatic N) is 1. The number of sulfonamides is 1. The molecule has 0 aliphatic carbocycles. The van der Waals surface area contributed by atoms with E-state index in [-0.39, 0.29) is 11.4 Å². The van der Waals surface area contributed by atoms with Gasteiger partial charge in [-0.3, -0.25) is 5.10 Å². The lowest BCUT2D eigenvalue weighted by atomic mass is 10.3. The predicted molar refractivity (Wildman–Crippen MR) is 70.2 cm³/mol. The van der Waals surface area contributed by atoms with Gasteiger partial charge in [-0.15, -0.1) is 0 Å². The summed E-state index contributed by atoms with van der Waals surface area (Å²) in [6.07, 6.45) is 3.21. The monoisotopic (exact) mass is 281 g/mol. The number of ether oxygens (including phenoxy) is 1. The Morgan fingerprint density at radius 2 is 2.05 bits per heavy atom. The Kier molecular flexibility index (Phi) is 4.18. The normalized spacial score (nSPS) is 11.4. The van der Waals surface area contributed by atoms with E-state index in [4.69, 9.17) is 4.74 Å². The van der Waals surface area contributed by atoms with Crippen LogP contribution >= 0.6 is 0 Å². The molecular weight excluding hydrogens is 266 g/mol. The molecule has 0 atom stereocenters. The Balaban J connectivity index is 2.06. The van der Waals surface area contributed by atoms with Crippen molar-refractivity contribution in [3.63, 3.8) is 0 Å². The summed E-state index contributed by atoms with van der Waals surface area (Å²) in [6, 6.07) is 6.30. The van der Waals surface area contributed by atoms with Crippen molar-refractivity contribution < 1.29 is 13.2 Å². The summed E-state index contributed by atoms with van der Waals surface area (Å²) >= 11 is 0. The Morgan fingerprint density at radius 3 is 2.63 bits per heavy atom. The summed E-state index contributed by atoms with van der Waals surface area (Å²) in [5.74, 6) is 0.649. The number of aromatic nitrogens is 2. The molecule has 1 aromatic heterocycles. The Labute approximate surface area is 111 Å². The smallest absolute Gasteiger partial charge is 0.240 e. The number of hydrogen-bond acceptors (Lipinski definition) is 4. The molecule has 0 radical (unpaired) electrons. The van der Waals surface area contributed by atoms with Crippen molar-refractivity contribution in [1.29, 1.82) is 0 Å². The van der Waals surface area contributed by atoms with Gasteiger partial charge in [0.1, 0.15) is 5.75 Å². The summed E-state index contributed by atoms with van der Waals surface area (Å²) in [4.78, 5) is 0.208. The van der Waals surface area contributed by atoms with Gasteiger partial charge < -0.3 is 4.74 Å². The highest BCUT2D eigenvalue weighted by Gasteiger charge is 2.13. The van der Waals surface area contributed by atoms with Gasteiger partial charge in [-0.1, -0.05) is 0 Å². The second-order valence-corrected chi connectivity index (χ2v) is 5.60. The summed E-state index contributed by atoms with van der Waals surface area (Å²) in [5.41, 5.74) is 0.773. The lowest BCUT2D eigenvalue weighted by Gasteiger charge is -2.07. The zero-order chi connectivity index (χ0) is 13.7. The van der Waals surface area contributed by atoms with Crippen molar-refractivity contribution in [2.75, 3.05) is 6.61 Å². The molecule has 102 valence electrons. The molecule has 0 aliphatic heterocycles. The number of benzene rings is 1. The van der Waals surface area contributed by atoms with Crippen molar-refractivity contribution in [3.8, 4) is 5.75 Å². The van der Waals surface area contributed by atoms with Gasteiger partial charge >= 0.3 is 0 Å². The molecule has 0 saturated carbocycles. The average molecular weight is 281 g/mol. The van der Waals surface area contributed by atoms with Gasteiger partial charge in [0.2, 0.25) is 10.0 Å². The van der Waals surface area contributed by atoms with E-state index >= 15 is 0 Å². The molecule has 2 rings (SSSR count). The minimum Gasteiger partial charge on any atom is -0.494 e.